The SMILES string of the molecule is CCOC(=O)c1cc(C(C)C)sc1NC(=O)CSc1ncccn1. The van der Waals surface area contributed by atoms with Crippen molar-refractivity contribution >= 4 is 40.0 Å². The van der Waals surface area contributed by atoms with Gasteiger partial charge in [-0.3, -0.25) is 4.79 Å². The molecule has 0 spiro atoms. The summed E-state index contributed by atoms with van der Waals surface area (Å²) in [5.74, 6) is -0.202. The third kappa shape index (κ3) is 5.04. The molecule has 0 bridgehead atoms. The quantitative estimate of drug-likeness (QED) is 0.459. The summed E-state index contributed by atoms with van der Waals surface area (Å²) in [5, 5.41) is 3.86. The molecule has 0 unspecified atom stereocenters. The van der Waals surface area contributed by atoms with Gasteiger partial charge in [-0.05, 0) is 25.0 Å². The zero-order valence-electron chi connectivity index (χ0n) is 13.7. The molecule has 0 aliphatic heterocycles. The van der Waals surface area contributed by atoms with Gasteiger partial charge in [0.1, 0.15) is 5.00 Å². The summed E-state index contributed by atoms with van der Waals surface area (Å²) >= 11 is 2.64. The van der Waals surface area contributed by atoms with E-state index in [2.05, 4.69) is 15.3 Å². The molecule has 1 amide bonds. The molecule has 2 aromatic heterocycles. The lowest BCUT2D eigenvalue weighted by atomic mass is 10.1. The van der Waals surface area contributed by atoms with Gasteiger partial charge in [0.2, 0.25) is 5.91 Å². The summed E-state index contributed by atoms with van der Waals surface area (Å²) in [7, 11) is 0. The van der Waals surface area contributed by atoms with Crippen LogP contribution < -0.4 is 5.32 Å². The van der Waals surface area contributed by atoms with Gasteiger partial charge in [-0.25, -0.2) is 14.8 Å². The number of carbonyl (C=O) groups excluding carboxylic acids is 2. The van der Waals surface area contributed by atoms with Gasteiger partial charge in [-0.2, -0.15) is 0 Å². The molecule has 24 heavy (non-hydrogen) atoms. The Labute approximate surface area is 149 Å². The first kappa shape index (κ1) is 18.4. The molecule has 6 nitrogen and oxygen atoms in total. The second-order valence-corrected chi connectivity index (χ2v) is 7.16. The molecule has 0 radical (unpaired) electrons. The number of esters is 1. The molecular formula is C16H19N3O3S2. The molecule has 8 heteroatoms. The molecule has 0 saturated heterocycles. The number of nitrogens with zero attached hydrogens (tertiary/aromatic N) is 2. The normalized spacial score (nSPS) is 10.7. The number of amides is 1. The van der Waals surface area contributed by atoms with Crippen LogP contribution in [0.1, 0.15) is 41.9 Å². The number of carbonyl (C=O) groups is 2. The molecule has 2 aromatic rings. The Bertz CT molecular complexity index is 702. The standard InChI is InChI=1S/C16H19N3O3S2/c1-4-22-15(21)11-8-12(10(2)3)24-14(11)19-13(20)9-23-16-17-6-5-7-18-16/h5-8,10H,4,9H2,1-3H3,(H,19,20). The van der Waals surface area contributed by atoms with E-state index in [-0.39, 0.29) is 17.6 Å². The van der Waals surface area contributed by atoms with Crippen LogP contribution in [0, 0.1) is 0 Å². The number of thiophene rings is 1. The van der Waals surface area contributed by atoms with Crippen LogP contribution in [0.3, 0.4) is 0 Å². The molecule has 2 heterocycles. The third-order valence-corrected chi connectivity index (χ3v) is 5.17. The predicted molar refractivity (Wildman–Crippen MR) is 95.8 cm³/mol. The number of ether oxygens (including phenoxy) is 1. The van der Waals surface area contributed by atoms with Crippen LogP contribution in [-0.4, -0.2) is 34.2 Å². The second kappa shape index (κ2) is 8.79. The Balaban J connectivity index is 2.06. The van der Waals surface area contributed by atoms with Gasteiger partial charge in [0.15, 0.2) is 5.16 Å². The summed E-state index contributed by atoms with van der Waals surface area (Å²) in [5.41, 5.74) is 0.403. The average molecular weight is 365 g/mol. The molecular weight excluding hydrogens is 346 g/mol. The monoisotopic (exact) mass is 365 g/mol. The van der Waals surface area contributed by atoms with E-state index in [0.717, 1.165) is 4.88 Å². The predicted octanol–water partition coefficient (Wildman–Crippen LogP) is 3.57. The maximum atomic E-state index is 12.2. The van der Waals surface area contributed by atoms with Crippen molar-refractivity contribution in [2.75, 3.05) is 17.7 Å². The highest BCUT2D eigenvalue weighted by Gasteiger charge is 2.20. The summed E-state index contributed by atoms with van der Waals surface area (Å²) in [6.45, 7) is 6.12. The highest BCUT2D eigenvalue weighted by atomic mass is 32.2. The highest BCUT2D eigenvalue weighted by molar-refractivity contribution is 7.99. The molecule has 0 aliphatic rings. The lowest BCUT2D eigenvalue weighted by Gasteiger charge is -2.05. The van der Waals surface area contributed by atoms with Gasteiger partial charge in [-0.1, -0.05) is 25.6 Å². The molecule has 1 N–H and O–H groups in total. The lowest BCUT2D eigenvalue weighted by molar-refractivity contribution is -0.113. The zero-order valence-corrected chi connectivity index (χ0v) is 15.4. The van der Waals surface area contributed by atoms with Crippen molar-refractivity contribution in [3.05, 3.63) is 35.0 Å². The molecule has 0 atom stereocenters. The molecule has 0 aliphatic carbocycles. The van der Waals surface area contributed by atoms with E-state index in [1.165, 1.54) is 23.1 Å². The number of rotatable bonds is 7. The fourth-order valence-electron chi connectivity index (χ4n) is 1.80. The number of hydrogen-bond acceptors (Lipinski definition) is 7. The number of aromatic nitrogens is 2. The summed E-state index contributed by atoms with van der Waals surface area (Å²) < 4.78 is 5.06. The van der Waals surface area contributed by atoms with E-state index >= 15 is 0 Å². The van der Waals surface area contributed by atoms with Crippen LogP contribution in [0.2, 0.25) is 0 Å². The van der Waals surface area contributed by atoms with Crippen molar-refractivity contribution in [1.29, 1.82) is 0 Å². The van der Waals surface area contributed by atoms with E-state index in [0.29, 0.717) is 22.3 Å². The first-order valence-electron chi connectivity index (χ1n) is 7.51. The molecule has 0 aromatic carbocycles. The highest BCUT2D eigenvalue weighted by Crippen LogP contribution is 2.33. The van der Waals surface area contributed by atoms with Gasteiger partial charge in [0.05, 0.1) is 17.9 Å². The summed E-state index contributed by atoms with van der Waals surface area (Å²) in [4.78, 5) is 33.4. The van der Waals surface area contributed by atoms with Crippen LogP contribution in [0.15, 0.2) is 29.7 Å². The summed E-state index contributed by atoms with van der Waals surface area (Å²) in [6.07, 6.45) is 3.25. The van der Waals surface area contributed by atoms with Gasteiger partial charge in [-0.15, -0.1) is 11.3 Å². The molecule has 0 fully saturated rings. The number of anilines is 1. The molecule has 0 saturated carbocycles. The first-order valence-corrected chi connectivity index (χ1v) is 9.32. The Hall–Kier alpha value is -1.93. The van der Waals surface area contributed by atoms with Crippen molar-refractivity contribution in [2.24, 2.45) is 0 Å². The largest absolute Gasteiger partial charge is 0.462 e. The van der Waals surface area contributed by atoms with E-state index in [1.807, 2.05) is 13.8 Å². The van der Waals surface area contributed by atoms with Gasteiger partial charge < -0.3 is 10.1 Å². The van der Waals surface area contributed by atoms with E-state index in [1.54, 1.807) is 31.5 Å². The fourth-order valence-corrected chi connectivity index (χ4v) is 3.47. The van der Waals surface area contributed by atoms with Gasteiger partial charge in [0.25, 0.3) is 0 Å². The number of hydrogen-bond donors (Lipinski definition) is 1. The van der Waals surface area contributed by atoms with Gasteiger partial charge in [0, 0.05) is 17.3 Å². The van der Waals surface area contributed by atoms with Crippen molar-refractivity contribution in [2.45, 2.75) is 31.8 Å². The maximum Gasteiger partial charge on any atom is 0.341 e. The summed E-state index contributed by atoms with van der Waals surface area (Å²) in [6, 6.07) is 3.51. The zero-order chi connectivity index (χ0) is 17.5. The smallest absolute Gasteiger partial charge is 0.341 e. The van der Waals surface area contributed by atoms with E-state index in [4.69, 9.17) is 4.74 Å². The molecule has 128 valence electrons. The Morgan fingerprint density at radius 3 is 2.67 bits per heavy atom. The van der Waals surface area contributed by atoms with Crippen LogP contribution in [0.5, 0.6) is 0 Å². The second-order valence-electron chi connectivity index (χ2n) is 5.13. The topological polar surface area (TPSA) is 81.2 Å². The molecule has 2 rings (SSSR count). The van der Waals surface area contributed by atoms with Crippen LogP contribution in [0.4, 0.5) is 5.00 Å². The average Bonchev–Trinajstić information content (AvgIpc) is 2.98. The van der Waals surface area contributed by atoms with Crippen molar-refractivity contribution < 1.29 is 14.3 Å². The van der Waals surface area contributed by atoms with E-state index < -0.39 is 5.97 Å². The van der Waals surface area contributed by atoms with Gasteiger partial charge >= 0.3 is 5.97 Å². The Morgan fingerprint density at radius 2 is 2.04 bits per heavy atom. The van der Waals surface area contributed by atoms with Crippen molar-refractivity contribution in [3.63, 3.8) is 0 Å². The number of nitrogens with one attached hydrogen (secondary N) is 1. The Kier molecular flexibility index (Phi) is 6.74. The Morgan fingerprint density at radius 1 is 1.33 bits per heavy atom. The minimum Gasteiger partial charge on any atom is -0.462 e. The minimum absolute atomic E-state index is 0.168. The lowest BCUT2D eigenvalue weighted by Crippen LogP contribution is -2.16. The third-order valence-electron chi connectivity index (χ3n) is 2.94. The minimum atomic E-state index is -0.421. The number of thioether (sulfide) groups is 1. The first-order chi connectivity index (χ1) is 11.5. The van der Waals surface area contributed by atoms with E-state index in [9.17, 15) is 9.59 Å². The van der Waals surface area contributed by atoms with Crippen molar-refractivity contribution in [1.82, 2.24) is 9.97 Å². The fraction of sp³-hybridized carbons (Fsp3) is 0.375. The maximum absolute atomic E-state index is 12.2. The van der Waals surface area contributed by atoms with Crippen LogP contribution in [0.25, 0.3) is 0 Å². The van der Waals surface area contributed by atoms with Crippen LogP contribution in [-0.2, 0) is 9.53 Å². The van der Waals surface area contributed by atoms with Crippen molar-refractivity contribution in [3.8, 4) is 0 Å². The van der Waals surface area contributed by atoms with Crippen LogP contribution >= 0.6 is 23.1 Å².